The molecule has 0 aliphatic rings. The second-order valence-corrected chi connectivity index (χ2v) is 4.50. The van der Waals surface area contributed by atoms with Crippen molar-refractivity contribution in [3.05, 3.63) is 18.2 Å². The minimum atomic E-state index is -0.787. The molecular formula is C8H15N3OS. The van der Waals surface area contributed by atoms with Crippen molar-refractivity contribution in [3.63, 3.8) is 0 Å². The molecule has 0 saturated heterocycles. The van der Waals surface area contributed by atoms with E-state index in [0.717, 1.165) is 12.4 Å². The van der Waals surface area contributed by atoms with E-state index in [1.54, 1.807) is 6.20 Å². The van der Waals surface area contributed by atoms with E-state index in [9.17, 15) is 4.21 Å². The Kier molecular flexibility index (Phi) is 4.11. The number of rotatable bonds is 5. The SMILES string of the molecule is Cc1nccn1CCS(=O)CCN. The summed E-state index contributed by atoms with van der Waals surface area (Å²) < 4.78 is 13.2. The third kappa shape index (κ3) is 3.28. The summed E-state index contributed by atoms with van der Waals surface area (Å²) >= 11 is 0. The highest BCUT2D eigenvalue weighted by Crippen LogP contribution is 1.95. The molecule has 4 nitrogen and oxygen atoms in total. The number of imidazole rings is 1. The van der Waals surface area contributed by atoms with Gasteiger partial charge in [-0.3, -0.25) is 4.21 Å². The summed E-state index contributed by atoms with van der Waals surface area (Å²) in [6.07, 6.45) is 3.65. The van der Waals surface area contributed by atoms with Crippen molar-refractivity contribution in [2.24, 2.45) is 5.73 Å². The minimum absolute atomic E-state index is 0.496. The van der Waals surface area contributed by atoms with Crippen LogP contribution in [0.15, 0.2) is 12.4 Å². The van der Waals surface area contributed by atoms with Crippen molar-refractivity contribution in [1.29, 1.82) is 0 Å². The topological polar surface area (TPSA) is 60.9 Å². The van der Waals surface area contributed by atoms with Gasteiger partial charge in [-0.2, -0.15) is 0 Å². The summed E-state index contributed by atoms with van der Waals surface area (Å²) in [7, 11) is -0.787. The zero-order chi connectivity index (χ0) is 9.68. The summed E-state index contributed by atoms with van der Waals surface area (Å²) in [6.45, 7) is 3.19. The Morgan fingerprint density at radius 2 is 2.38 bits per heavy atom. The summed E-state index contributed by atoms with van der Waals surface area (Å²) in [5.41, 5.74) is 5.30. The van der Waals surface area contributed by atoms with Crippen LogP contribution in [0.5, 0.6) is 0 Å². The van der Waals surface area contributed by atoms with E-state index < -0.39 is 10.8 Å². The lowest BCUT2D eigenvalue weighted by atomic mass is 10.6. The normalized spacial score (nSPS) is 13.1. The van der Waals surface area contributed by atoms with Crippen LogP contribution in [0.4, 0.5) is 0 Å². The first-order valence-corrected chi connectivity index (χ1v) is 5.75. The molecule has 13 heavy (non-hydrogen) atoms. The molecule has 1 aromatic heterocycles. The maximum atomic E-state index is 11.2. The molecule has 0 fully saturated rings. The van der Waals surface area contributed by atoms with Gasteiger partial charge < -0.3 is 10.3 Å². The van der Waals surface area contributed by atoms with Crippen molar-refractivity contribution in [1.82, 2.24) is 9.55 Å². The van der Waals surface area contributed by atoms with Crippen molar-refractivity contribution >= 4 is 10.8 Å². The van der Waals surface area contributed by atoms with Gasteiger partial charge in [0.25, 0.3) is 0 Å². The van der Waals surface area contributed by atoms with Gasteiger partial charge in [-0.05, 0) is 6.92 Å². The third-order valence-electron chi connectivity index (χ3n) is 1.83. The third-order valence-corrected chi connectivity index (χ3v) is 3.16. The fourth-order valence-corrected chi connectivity index (χ4v) is 1.94. The maximum Gasteiger partial charge on any atom is 0.105 e. The first-order valence-electron chi connectivity index (χ1n) is 4.27. The van der Waals surface area contributed by atoms with Crippen molar-refractivity contribution in [2.45, 2.75) is 13.5 Å². The Morgan fingerprint density at radius 3 is 2.92 bits per heavy atom. The predicted octanol–water partition coefficient (Wildman–Crippen LogP) is -0.101. The van der Waals surface area contributed by atoms with Crippen LogP contribution in [0.1, 0.15) is 5.82 Å². The molecule has 1 heterocycles. The van der Waals surface area contributed by atoms with Crippen molar-refractivity contribution in [3.8, 4) is 0 Å². The van der Waals surface area contributed by atoms with Crippen LogP contribution < -0.4 is 5.73 Å². The standard InChI is InChI=1S/C8H15N3OS/c1-8-10-3-4-11(8)5-7-13(12)6-2-9/h3-4H,2,5-7,9H2,1H3. The van der Waals surface area contributed by atoms with Crippen LogP contribution in [-0.2, 0) is 17.3 Å². The van der Waals surface area contributed by atoms with Crippen LogP contribution in [0.25, 0.3) is 0 Å². The lowest BCUT2D eigenvalue weighted by Crippen LogP contribution is -2.16. The second kappa shape index (κ2) is 5.14. The molecular weight excluding hydrogens is 186 g/mol. The average molecular weight is 201 g/mol. The summed E-state index contributed by atoms with van der Waals surface area (Å²) in [6, 6.07) is 0. The van der Waals surface area contributed by atoms with Crippen molar-refractivity contribution in [2.75, 3.05) is 18.1 Å². The predicted molar refractivity (Wildman–Crippen MR) is 53.9 cm³/mol. The molecule has 0 bridgehead atoms. The largest absolute Gasteiger partial charge is 0.334 e. The molecule has 1 aromatic rings. The maximum absolute atomic E-state index is 11.2. The first kappa shape index (κ1) is 10.4. The molecule has 0 radical (unpaired) electrons. The van der Waals surface area contributed by atoms with Gasteiger partial charge in [0.15, 0.2) is 0 Å². The highest BCUT2D eigenvalue weighted by Gasteiger charge is 2.00. The molecule has 0 saturated carbocycles. The number of aromatic nitrogens is 2. The van der Waals surface area contributed by atoms with Gasteiger partial charge in [0.1, 0.15) is 5.82 Å². The molecule has 1 rings (SSSR count). The van der Waals surface area contributed by atoms with Crippen LogP contribution in [0.3, 0.4) is 0 Å². The number of nitrogens with two attached hydrogens (primary N) is 1. The summed E-state index contributed by atoms with van der Waals surface area (Å²) in [5.74, 6) is 2.21. The Bertz CT molecular complexity index is 285. The fourth-order valence-electron chi connectivity index (χ4n) is 1.07. The quantitative estimate of drug-likeness (QED) is 0.723. The lowest BCUT2D eigenvalue weighted by Gasteiger charge is -2.03. The Hall–Kier alpha value is -0.680. The molecule has 1 atom stereocenters. The molecule has 0 aromatic carbocycles. The van der Waals surface area contributed by atoms with Gasteiger partial charge in [0, 0.05) is 47.8 Å². The zero-order valence-electron chi connectivity index (χ0n) is 7.77. The van der Waals surface area contributed by atoms with Gasteiger partial charge in [-0.15, -0.1) is 0 Å². The van der Waals surface area contributed by atoms with Crippen LogP contribution in [0, 0.1) is 6.92 Å². The second-order valence-electron chi connectivity index (χ2n) is 2.80. The monoisotopic (exact) mass is 201 g/mol. The Morgan fingerprint density at radius 1 is 1.62 bits per heavy atom. The van der Waals surface area contributed by atoms with Gasteiger partial charge in [0.05, 0.1) is 0 Å². The molecule has 0 spiro atoms. The van der Waals surface area contributed by atoms with E-state index in [2.05, 4.69) is 4.98 Å². The highest BCUT2D eigenvalue weighted by molar-refractivity contribution is 7.84. The molecule has 74 valence electrons. The Labute approximate surface area is 80.6 Å². The van der Waals surface area contributed by atoms with Gasteiger partial charge in [-0.25, -0.2) is 4.98 Å². The molecule has 0 amide bonds. The van der Waals surface area contributed by atoms with Crippen molar-refractivity contribution < 1.29 is 4.21 Å². The summed E-state index contributed by atoms with van der Waals surface area (Å²) in [5, 5.41) is 0. The minimum Gasteiger partial charge on any atom is -0.334 e. The fraction of sp³-hybridized carbons (Fsp3) is 0.625. The first-order chi connectivity index (χ1) is 6.24. The van der Waals surface area contributed by atoms with E-state index in [1.807, 2.05) is 17.7 Å². The average Bonchev–Trinajstić information content (AvgIpc) is 2.48. The molecule has 0 aliphatic carbocycles. The van der Waals surface area contributed by atoms with Crippen LogP contribution >= 0.6 is 0 Å². The zero-order valence-corrected chi connectivity index (χ0v) is 8.59. The van der Waals surface area contributed by atoms with E-state index >= 15 is 0 Å². The van der Waals surface area contributed by atoms with Gasteiger partial charge in [-0.1, -0.05) is 0 Å². The van der Waals surface area contributed by atoms with E-state index in [0.29, 0.717) is 18.1 Å². The molecule has 5 heteroatoms. The number of hydrogen-bond donors (Lipinski definition) is 1. The smallest absolute Gasteiger partial charge is 0.105 e. The highest BCUT2D eigenvalue weighted by atomic mass is 32.2. The number of nitrogens with zero attached hydrogens (tertiary/aromatic N) is 2. The van der Waals surface area contributed by atoms with E-state index in [-0.39, 0.29) is 0 Å². The van der Waals surface area contributed by atoms with E-state index in [1.165, 1.54) is 0 Å². The lowest BCUT2D eigenvalue weighted by molar-refractivity contribution is 0.669. The van der Waals surface area contributed by atoms with Gasteiger partial charge >= 0.3 is 0 Å². The van der Waals surface area contributed by atoms with E-state index in [4.69, 9.17) is 5.73 Å². The van der Waals surface area contributed by atoms with Gasteiger partial charge in [0.2, 0.25) is 0 Å². The molecule has 1 unspecified atom stereocenters. The Balaban J connectivity index is 2.35. The number of aryl methyl sites for hydroxylation is 2. The molecule has 0 aliphatic heterocycles. The summed E-state index contributed by atoms with van der Waals surface area (Å²) in [4.78, 5) is 4.08. The van der Waals surface area contributed by atoms with Crippen LogP contribution in [-0.4, -0.2) is 31.8 Å². The number of hydrogen-bond acceptors (Lipinski definition) is 3. The molecule has 2 N–H and O–H groups in total. The van der Waals surface area contributed by atoms with Crippen LogP contribution in [0.2, 0.25) is 0 Å².